The highest BCUT2D eigenvalue weighted by Gasteiger charge is 2.11. The first-order chi connectivity index (χ1) is 3.85. The predicted octanol–water partition coefficient (Wildman–Crippen LogP) is 0.972. The van der Waals surface area contributed by atoms with Crippen molar-refractivity contribution in [2.75, 3.05) is 0 Å². The van der Waals surface area contributed by atoms with Crippen LogP contribution in [0.4, 0.5) is 0 Å². The van der Waals surface area contributed by atoms with Gasteiger partial charge in [-0.2, -0.15) is 0 Å². The minimum Gasteiger partial charge on any atom is -0.642 e. The molecule has 0 saturated carbocycles. The van der Waals surface area contributed by atoms with Gasteiger partial charge in [0.05, 0.1) is 0 Å². The highest BCUT2D eigenvalue weighted by molar-refractivity contribution is 6.55. The second-order valence-electron chi connectivity index (χ2n) is 2.05. The SMILES string of the molecule is CC[CH2][Al]([CH2]C)[O][AlH2]. The second-order valence-corrected chi connectivity index (χ2v) is 6.58. The van der Waals surface area contributed by atoms with E-state index in [2.05, 4.69) is 13.8 Å². The molecule has 0 heterocycles. The van der Waals surface area contributed by atoms with Crippen LogP contribution >= 0.6 is 0 Å². The Bertz CT molecular complexity index is 45.7. The smallest absolute Gasteiger partial charge is 0.429 e. The first-order valence-corrected chi connectivity index (χ1v) is 6.30. The summed E-state index contributed by atoms with van der Waals surface area (Å²) in [5.41, 5.74) is 0. The van der Waals surface area contributed by atoms with E-state index < -0.39 is 14.5 Å². The van der Waals surface area contributed by atoms with Crippen molar-refractivity contribution in [3.8, 4) is 0 Å². The Labute approximate surface area is 64.9 Å². The van der Waals surface area contributed by atoms with Crippen molar-refractivity contribution in [3.05, 3.63) is 0 Å². The molecule has 46 valence electrons. The van der Waals surface area contributed by atoms with Crippen molar-refractivity contribution in [1.29, 1.82) is 0 Å². The van der Waals surface area contributed by atoms with Gasteiger partial charge in [-0.25, -0.2) is 0 Å². The van der Waals surface area contributed by atoms with E-state index in [1.54, 1.807) is 0 Å². The summed E-state index contributed by atoms with van der Waals surface area (Å²) in [4.78, 5) is 0. The summed E-state index contributed by atoms with van der Waals surface area (Å²) >= 11 is 0.327. The molecule has 1 nitrogen and oxygen atoms in total. The van der Waals surface area contributed by atoms with Gasteiger partial charge in [0.25, 0.3) is 0 Å². The zero-order chi connectivity index (χ0) is 6.41. The molecule has 0 saturated heterocycles. The van der Waals surface area contributed by atoms with Gasteiger partial charge >= 0.3 is 31.1 Å². The average molecular weight is 144 g/mol. The third-order valence-electron chi connectivity index (χ3n) is 1.40. The van der Waals surface area contributed by atoms with Gasteiger partial charge in [0.1, 0.15) is 0 Å². The highest BCUT2D eigenvalue weighted by Crippen LogP contribution is 2.00. The fourth-order valence-corrected chi connectivity index (χ4v) is 4.14. The van der Waals surface area contributed by atoms with Crippen LogP contribution in [0, 0.1) is 0 Å². The molecule has 0 aromatic rings. The fraction of sp³-hybridized carbons (Fsp3) is 1.00. The van der Waals surface area contributed by atoms with Gasteiger partial charge in [-0.1, -0.05) is 30.8 Å². The number of hydrogen-bond acceptors (Lipinski definition) is 1. The minimum absolute atomic E-state index is 0.630. The summed E-state index contributed by atoms with van der Waals surface area (Å²) in [5, 5.41) is 2.69. The van der Waals surface area contributed by atoms with Crippen LogP contribution in [-0.4, -0.2) is 31.1 Å². The summed E-state index contributed by atoms with van der Waals surface area (Å²) in [7, 11) is 0. The maximum Gasteiger partial charge on any atom is 0.429 e. The lowest BCUT2D eigenvalue weighted by Crippen LogP contribution is -2.13. The Balaban J connectivity index is 3.07. The second kappa shape index (κ2) is 6.15. The van der Waals surface area contributed by atoms with Gasteiger partial charge in [-0.05, 0) is 0 Å². The van der Waals surface area contributed by atoms with Crippen LogP contribution in [-0.2, 0) is 2.84 Å². The quantitative estimate of drug-likeness (QED) is 0.534. The monoisotopic (exact) mass is 144 g/mol. The van der Waals surface area contributed by atoms with Gasteiger partial charge in [0, 0.05) is 0 Å². The Kier molecular flexibility index (Phi) is 6.94. The van der Waals surface area contributed by atoms with E-state index in [0.29, 0.717) is 0 Å². The molecule has 3 heteroatoms. The Morgan fingerprint density at radius 3 is 2.25 bits per heavy atom. The largest absolute Gasteiger partial charge is 0.642 e. The lowest BCUT2D eigenvalue weighted by molar-refractivity contribution is 0.623. The van der Waals surface area contributed by atoms with E-state index in [4.69, 9.17) is 2.84 Å². The summed E-state index contributed by atoms with van der Waals surface area (Å²) in [5.74, 6) is 0. The molecule has 0 bridgehead atoms. The molecule has 0 aromatic carbocycles. The minimum atomic E-state index is -0.630. The highest BCUT2D eigenvalue weighted by atomic mass is 27.2. The fourth-order valence-electron chi connectivity index (χ4n) is 0.811. The van der Waals surface area contributed by atoms with Gasteiger partial charge < -0.3 is 2.84 Å². The van der Waals surface area contributed by atoms with Crippen LogP contribution in [0.15, 0.2) is 0 Å². The Hall–Kier alpha value is 1.02. The molecule has 0 atom stereocenters. The molecule has 0 fully saturated rings. The van der Waals surface area contributed by atoms with Crippen LogP contribution in [0.5, 0.6) is 0 Å². The van der Waals surface area contributed by atoms with E-state index in [9.17, 15) is 0 Å². The molecular weight excluding hydrogens is 130 g/mol. The zero-order valence-corrected chi connectivity index (χ0v) is 9.26. The molecule has 0 aliphatic carbocycles. The lowest BCUT2D eigenvalue weighted by Gasteiger charge is -2.04. The predicted molar refractivity (Wildman–Crippen MR) is 41.0 cm³/mol. The summed E-state index contributed by atoms with van der Waals surface area (Å²) in [6.07, 6.45) is 1.31. The first kappa shape index (κ1) is 9.02. The molecule has 0 rings (SSSR count). The normalized spacial score (nSPS) is 9.25. The van der Waals surface area contributed by atoms with E-state index in [-0.39, 0.29) is 0 Å². The van der Waals surface area contributed by atoms with Gasteiger partial charge in [-0.3, -0.25) is 0 Å². The van der Waals surface area contributed by atoms with Crippen molar-refractivity contribution in [2.24, 2.45) is 0 Å². The molecule has 0 aliphatic heterocycles. The van der Waals surface area contributed by atoms with Crippen LogP contribution in [0.25, 0.3) is 0 Å². The third kappa shape index (κ3) is 3.96. The van der Waals surface area contributed by atoms with Crippen molar-refractivity contribution < 1.29 is 2.84 Å². The molecular formula is C5H14Al2O. The van der Waals surface area contributed by atoms with E-state index in [0.717, 1.165) is 16.6 Å². The van der Waals surface area contributed by atoms with Crippen LogP contribution in [0.3, 0.4) is 0 Å². The standard InChI is InChI=1S/C3H7.C2H5.2Al.O.2H/c1-3-2;1-2;;;;;/h1,3H2,2H3;1H2,2H3;;;;;. The molecule has 0 radical (unpaired) electrons. The first-order valence-electron chi connectivity index (χ1n) is 3.37. The third-order valence-corrected chi connectivity index (χ3v) is 6.20. The van der Waals surface area contributed by atoms with Gasteiger partial charge in [-0.15, -0.1) is 0 Å². The Morgan fingerprint density at radius 2 is 2.12 bits per heavy atom. The summed E-state index contributed by atoms with van der Waals surface area (Å²) < 4.78 is 5.42. The van der Waals surface area contributed by atoms with E-state index >= 15 is 0 Å². The Morgan fingerprint density at radius 1 is 1.50 bits per heavy atom. The van der Waals surface area contributed by atoms with E-state index in [1.165, 1.54) is 17.0 Å². The topological polar surface area (TPSA) is 9.23 Å². The van der Waals surface area contributed by atoms with Crippen LogP contribution in [0.2, 0.25) is 10.6 Å². The average Bonchev–Trinajstić information content (AvgIpc) is 1.83. The lowest BCUT2D eigenvalue weighted by atomic mass is 10.6. The maximum absolute atomic E-state index is 5.42. The van der Waals surface area contributed by atoms with Gasteiger partial charge in [0.15, 0.2) is 0 Å². The van der Waals surface area contributed by atoms with Crippen molar-refractivity contribution in [2.45, 2.75) is 30.8 Å². The number of rotatable bonds is 4. The van der Waals surface area contributed by atoms with E-state index in [1.807, 2.05) is 0 Å². The number of hydrogen-bond donors (Lipinski definition) is 0. The molecule has 8 heavy (non-hydrogen) atoms. The molecule has 0 N–H and O–H groups in total. The van der Waals surface area contributed by atoms with Crippen LogP contribution in [0.1, 0.15) is 20.3 Å². The molecule has 0 aromatic heterocycles. The van der Waals surface area contributed by atoms with Crippen molar-refractivity contribution >= 4 is 31.1 Å². The van der Waals surface area contributed by atoms with Crippen molar-refractivity contribution in [3.63, 3.8) is 0 Å². The maximum atomic E-state index is 5.42. The summed E-state index contributed by atoms with van der Waals surface area (Å²) in [6, 6.07) is 0. The zero-order valence-electron chi connectivity index (χ0n) is 6.11. The summed E-state index contributed by atoms with van der Waals surface area (Å²) in [6.45, 7) is 4.47. The van der Waals surface area contributed by atoms with Crippen molar-refractivity contribution in [1.82, 2.24) is 0 Å². The molecule has 0 aliphatic rings. The molecule has 0 amide bonds. The molecule has 0 unspecified atom stereocenters. The molecule has 0 spiro atoms. The van der Waals surface area contributed by atoms with Crippen LogP contribution < -0.4 is 0 Å². The van der Waals surface area contributed by atoms with Gasteiger partial charge in [0.2, 0.25) is 0 Å².